The van der Waals surface area contributed by atoms with Crippen LogP contribution in [0.25, 0.3) is 0 Å². The highest BCUT2D eigenvalue weighted by atomic mass is 127. The number of non-ortho nitro benzene ring substituents is 1. The molecule has 0 radical (unpaired) electrons. The molecule has 0 aliphatic carbocycles. The summed E-state index contributed by atoms with van der Waals surface area (Å²) in [4.78, 5) is 34.6. The second-order valence-corrected chi connectivity index (χ2v) is 8.05. The molecule has 2 N–H and O–H groups in total. The third-order valence-electron chi connectivity index (χ3n) is 4.43. The van der Waals surface area contributed by atoms with Gasteiger partial charge >= 0.3 is 0 Å². The van der Waals surface area contributed by atoms with Gasteiger partial charge in [0.05, 0.1) is 21.8 Å². The Balaban J connectivity index is 1.63. The van der Waals surface area contributed by atoms with Gasteiger partial charge in [-0.1, -0.05) is 6.07 Å². The Morgan fingerprint density at radius 1 is 1.17 bits per heavy atom. The highest BCUT2D eigenvalue weighted by Crippen LogP contribution is 2.33. The largest absolute Gasteiger partial charge is 0.493 e. The maximum atomic E-state index is 13.0. The van der Waals surface area contributed by atoms with Crippen molar-refractivity contribution in [2.75, 3.05) is 19.0 Å². The molecule has 0 aliphatic heterocycles. The van der Waals surface area contributed by atoms with E-state index >= 15 is 0 Å². The molecule has 35 heavy (non-hydrogen) atoms. The summed E-state index contributed by atoms with van der Waals surface area (Å²) < 4.78 is 24.6. The van der Waals surface area contributed by atoms with E-state index < -0.39 is 22.6 Å². The lowest BCUT2D eigenvalue weighted by Gasteiger charge is -2.13. The van der Waals surface area contributed by atoms with E-state index in [-0.39, 0.29) is 17.9 Å². The topological polar surface area (TPSA) is 132 Å². The molecule has 2 amide bonds. The number of carbonyl (C=O) groups excluding carboxylic acids is 2. The number of nitro groups is 1. The number of nitro benzene ring substituents is 1. The minimum absolute atomic E-state index is 0.0890. The number of ether oxygens (including phenoxy) is 2. The first-order chi connectivity index (χ1) is 16.8. The van der Waals surface area contributed by atoms with Gasteiger partial charge in [-0.05, 0) is 70.6 Å². The Labute approximate surface area is 212 Å². The first kappa shape index (κ1) is 25.6. The van der Waals surface area contributed by atoms with Crippen LogP contribution in [0.3, 0.4) is 0 Å². The molecule has 0 atom stereocenters. The molecule has 0 aromatic heterocycles. The summed E-state index contributed by atoms with van der Waals surface area (Å²) in [5, 5.41) is 17.3. The molecule has 3 aromatic carbocycles. The second kappa shape index (κ2) is 11.9. The summed E-state index contributed by atoms with van der Waals surface area (Å²) in [6, 6.07) is 13.9. The number of benzene rings is 3. The number of hydrogen-bond acceptors (Lipinski definition) is 7. The van der Waals surface area contributed by atoms with Gasteiger partial charge in [0.1, 0.15) is 5.82 Å². The van der Waals surface area contributed by atoms with E-state index in [2.05, 4.69) is 15.8 Å². The second-order valence-electron chi connectivity index (χ2n) is 6.88. The van der Waals surface area contributed by atoms with Gasteiger partial charge in [0.15, 0.2) is 18.1 Å². The lowest BCUT2D eigenvalue weighted by Crippen LogP contribution is -2.20. The number of amides is 2. The van der Waals surface area contributed by atoms with Crippen molar-refractivity contribution < 1.29 is 28.4 Å². The first-order valence-corrected chi connectivity index (χ1v) is 11.0. The Morgan fingerprint density at radius 2 is 1.91 bits per heavy atom. The Morgan fingerprint density at radius 3 is 2.60 bits per heavy atom. The summed E-state index contributed by atoms with van der Waals surface area (Å²) in [7, 11) is 1.43. The van der Waals surface area contributed by atoms with Crippen molar-refractivity contribution in [3.8, 4) is 11.5 Å². The van der Waals surface area contributed by atoms with Crippen LogP contribution in [-0.2, 0) is 4.79 Å². The quantitative estimate of drug-likeness (QED) is 0.166. The minimum atomic E-state index is -0.612. The SMILES string of the molecule is COc1cc(/C=N/NC(=O)c2cccc([N+](=O)[O-])c2)cc(I)c1OCC(=O)Nc1ccc(F)cc1. The zero-order valence-electron chi connectivity index (χ0n) is 18.2. The zero-order chi connectivity index (χ0) is 25.4. The highest BCUT2D eigenvalue weighted by molar-refractivity contribution is 14.1. The molecule has 3 rings (SSSR count). The molecule has 0 saturated carbocycles. The molecule has 0 saturated heterocycles. The van der Waals surface area contributed by atoms with Crippen LogP contribution in [0.2, 0.25) is 0 Å². The Bertz CT molecular complexity index is 1280. The van der Waals surface area contributed by atoms with Gasteiger partial charge < -0.3 is 14.8 Å². The van der Waals surface area contributed by atoms with E-state index in [0.717, 1.165) is 6.07 Å². The first-order valence-electron chi connectivity index (χ1n) is 9.90. The number of hydrogen-bond donors (Lipinski definition) is 2. The van der Waals surface area contributed by atoms with Crippen LogP contribution in [0, 0.1) is 19.5 Å². The summed E-state index contributed by atoms with van der Waals surface area (Å²) in [5.74, 6) is -0.799. The number of rotatable bonds is 9. The zero-order valence-corrected chi connectivity index (χ0v) is 20.3. The van der Waals surface area contributed by atoms with E-state index in [4.69, 9.17) is 9.47 Å². The van der Waals surface area contributed by atoms with Gasteiger partial charge in [0.25, 0.3) is 17.5 Å². The molecule has 0 spiro atoms. The number of anilines is 1. The van der Waals surface area contributed by atoms with Gasteiger partial charge in [-0.25, -0.2) is 9.82 Å². The normalized spacial score (nSPS) is 10.6. The summed E-state index contributed by atoms with van der Waals surface area (Å²) in [6.07, 6.45) is 1.37. The molecule has 10 nitrogen and oxygen atoms in total. The van der Waals surface area contributed by atoms with Gasteiger partial charge in [-0.15, -0.1) is 0 Å². The average molecular weight is 592 g/mol. The molecule has 180 valence electrons. The lowest BCUT2D eigenvalue weighted by molar-refractivity contribution is -0.384. The standard InChI is InChI=1S/C23H18FIN4O6/c1-34-20-10-14(12-26-28-23(31)15-3-2-4-18(11-15)29(32)33)9-19(25)22(20)35-13-21(30)27-17-7-5-16(24)6-8-17/h2-12H,13H2,1H3,(H,27,30)(H,28,31)/b26-12+. The number of nitrogens with zero attached hydrogens (tertiary/aromatic N) is 2. The minimum Gasteiger partial charge on any atom is -0.493 e. The van der Waals surface area contributed by atoms with Crippen molar-refractivity contribution in [1.82, 2.24) is 5.43 Å². The van der Waals surface area contributed by atoms with E-state index in [1.54, 1.807) is 12.1 Å². The molecule has 0 fully saturated rings. The van der Waals surface area contributed by atoms with Crippen LogP contribution >= 0.6 is 22.6 Å². The third kappa shape index (κ3) is 7.20. The van der Waals surface area contributed by atoms with Gasteiger partial charge in [0, 0.05) is 23.4 Å². The Hall–Kier alpha value is -4.07. The van der Waals surface area contributed by atoms with Gasteiger partial charge in [-0.2, -0.15) is 5.10 Å². The number of carbonyl (C=O) groups is 2. The van der Waals surface area contributed by atoms with Crippen LogP contribution in [-0.4, -0.2) is 36.7 Å². The highest BCUT2D eigenvalue weighted by Gasteiger charge is 2.14. The number of nitrogens with one attached hydrogen (secondary N) is 2. The number of hydrazone groups is 1. The van der Waals surface area contributed by atoms with Crippen LogP contribution < -0.4 is 20.2 Å². The maximum absolute atomic E-state index is 13.0. The van der Waals surface area contributed by atoms with E-state index in [1.807, 2.05) is 22.6 Å². The Kier molecular flexibility index (Phi) is 8.67. The molecule has 3 aromatic rings. The predicted molar refractivity (Wildman–Crippen MR) is 134 cm³/mol. The smallest absolute Gasteiger partial charge is 0.271 e. The molecular formula is C23H18FIN4O6. The fraction of sp³-hybridized carbons (Fsp3) is 0.0870. The summed E-state index contributed by atoms with van der Waals surface area (Å²) in [6.45, 7) is -0.309. The fourth-order valence-corrected chi connectivity index (χ4v) is 3.59. The fourth-order valence-electron chi connectivity index (χ4n) is 2.81. The molecular weight excluding hydrogens is 574 g/mol. The van der Waals surface area contributed by atoms with Crippen molar-refractivity contribution in [3.63, 3.8) is 0 Å². The maximum Gasteiger partial charge on any atom is 0.271 e. The van der Waals surface area contributed by atoms with Gasteiger partial charge in [0.2, 0.25) is 0 Å². The lowest BCUT2D eigenvalue weighted by atomic mass is 10.2. The number of methoxy groups -OCH3 is 1. The third-order valence-corrected chi connectivity index (χ3v) is 5.23. The van der Waals surface area contributed by atoms with Crippen molar-refractivity contribution in [2.24, 2.45) is 5.10 Å². The van der Waals surface area contributed by atoms with Crippen LogP contribution in [0.5, 0.6) is 11.5 Å². The van der Waals surface area contributed by atoms with Crippen molar-refractivity contribution in [3.05, 3.63) is 91.3 Å². The van der Waals surface area contributed by atoms with Crippen molar-refractivity contribution >= 4 is 52.0 Å². The van der Waals surface area contributed by atoms with E-state index in [0.29, 0.717) is 26.3 Å². The van der Waals surface area contributed by atoms with Gasteiger partial charge in [-0.3, -0.25) is 19.7 Å². The van der Waals surface area contributed by atoms with E-state index in [9.17, 15) is 24.1 Å². The average Bonchev–Trinajstić information content (AvgIpc) is 2.84. The van der Waals surface area contributed by atoms with Crippen molar-refractivity contribution in [1.29, 1.82) is 0 Å². The van der Waals surface area contributed by atoms with E-state index in [1.165, 1.54) is 55.8 Å². The summed E-state index contributed by atoms with van der Waals surface area (Å²) >= 11 is 2.00. The molecule has 0 aliphatic rings. The van der Waals surface area contributed by atoms with Crippen LogP contribution in [0.1, 0.15) is 15.9 Å². The molecule has 12 heteroatoms. The monoisotopic (exact) mass is 592 g/mol. The van der Waals surface area contributed by atoms with Crippen LogP contribution in [0.15, 0.2) is 65.8 Å². The number of halogens is 2. The molecule has 0 bridgehead atoms. The van der Waals surface area contributed by atoms with Crippen LogP contribution in [0.4, 0.5) is 15.8 Å². The molecule has 0 unspecified atom stereocenters. The summed E-state index contributed by atoms with van der Waals surface area (Å²) in [5.41, 5.74) is 3.19. The predicted octanol–water partition coefficient (Wildman–Crippen LogP) is 4.13. The molecule has 0 heterocycles. The van der Waals surface area contributed by atoms with Crippen molar-refractivity contribution in [2.45, 2.75) is 0 Å².